The van der Waals surface area contributed by atoms with Crippen LogP contribution in [0.4, 0.5) is 0 Å². The first kappa shape index (κ1) is 28.1. The first-order valence-corrected chi connectivity index (χ1v) is 11.9. The van der Waals surface area contributed by atoms with E-state index in [0.717, 1.165) is 70.6 Å². The molecule has 0 heterocycles. The van der Waals surface area contributed by atoms with Gasteiger partial charge in [0.1, 0.15) is 0 Å². The molecule has 3 nitrogen and oxygen atoms in total. The number of carbonyl (C=O) groups excluding carboxylic acids is 1. The summed E-state index contributed by atoms with van der Waals surface area (Å²) in [5.41, 5.74) is -0.785. The molecule has 0 radical (unpaired) electrons. The number of aliphatic hydroxyl groups is 1. The number of hydrogen-bond donors (Lipinski definition) is 2. The molecule has 0 spiro atoms. The summed E-state index contributed by atoms with van der Waals surface area (Å²) in [7, 11) is 0. The third kappa shape index (κ3) is 18.2. The fourth-order valence-electron chi connectivity index (χ4n) is 3.05. The van der Waals surface area contributed by atoms with Crippen LogP contribution in [0.15, 0.2) is 60.8 Å². The van der Waals surface area contributed by atoms with Crippen molar-refractivity contribution >= 4 is 5.91 Å². The molecule has 0 aromatic heterocycles. The lowest BCUT2D eigenvalue weighted by Gasteiger charge is -2.28. The Balaban J connectivity index is 4.22. The number of carbonyl (C=O) groups is 1. The number of unbranched alkanes of at least 4 members (excludes halogenated alkanes) is 5. The molecule has 0 saturated carbocycles. The standard InChI is InChI=1S/C27H45NO2/c1-4-7-10-11-12-13-14-15-16-17-18-19-22-26(29)28-25-27(30,23-20-8-5-2)24-21-9-6-3/h7,10-12,15-19,22,30H,4-6,8-9,13-14,20-21,23-25H2,1-3H3,(H,28,29). The maximum Gasteiger partial charge on any atom is 0.244 e. The third-order valence-corrected chi connectivity index (χ3v) is 4.92. The van der Waals surface area contributed by atoms with Crippen molar-refractivity contribution in [1.82, 2.24) is 5.32 Å². The van der Waals surface area contributed by atoms with Gasteiger partial charge in [0.25, 0.3) is 0 Å². The van der Waals surface area contributed by atoms with Crippen molar-refractivity contribution in [2.24, 2.45) is 0 Å². The van der Waals surface area contributed by atoms with E-state index in [4.69, 9.17) is 0 Å². The van der Waals surface area contributed by atoms with Crippen LogP contribution >= 0.6 is 0 Å². The highest BCUT2D eigenvalue weighted by Crippen LogP contribution is 2.22. The average Bonchev–Trinajstić information content (AvgIpc) is 2.73. The monoisotopic (exact) mass is 415 g/mol. The van der Waals surface area contributed by atoms with Crippen molar-refractivity contribution in [1.29, 1.82) is 0 Å². The number of rotatable bonds is 18. The molecule has 0 saturated heterocycles. The summed E-state index contributed by atoms with van der Waals surface area (Å²) in [6.45, 7) is 6.78. The van der Waals surface area contributed by atoms with Gasteiger partial charge in [-0.15, -0.1) is 0 Å². The van der Waals surface area contributed by atoms with E-state index in [1.165, 1.54) is 6.08 Å². The van der Waals surface area contributed by atoms with E-state index >= 15 is 0 Å². The van der Waals surface area contributed by atoms with Crippen molar-refractivity contribution in [3.8, 4) is 0 Å². The summed E-state index contributed by atoms with van der Waals surface area (Å²) in [5.74, 6) is -0.154. The van der Waals surface area contributed by atoms with E-state index in [-0.39, 0.29) is 5.91 Å². The second kappa shape index (κ2) is 20.4. The molecule has 30 heavy (non-hydrogen) atoms. The molecule has 0 aromatic rings. The summed E-state index contributed by atoms with van der Waals surface area (Å²) in [6.07, 6.45) is 30.7. The molecule has 2 N–H and O–H groups in total. The van der Waals surface area contributed by atoms with Gasteiger partial charge in [0, 0.05) is 12.6 Å². The minimum Gasteiger partial charge on any atom is -0.388 e. The van der Waals surface area contributed by atoms with Crippen LogP contribution in [-0.2, 0) is 4.79 Å². The minimum atomic E-state index is -0.785. The van der Waals surface area contributed by atoms with E-state index in [9.17, 15) is 9.90 Å². The molecule has 0 aromatic carbocycles. The normalized spacial score (nSPS) is 13.1. The van der Waals surface area contributed by atoms with E-state index in [1.54, 1.807) is 6.08 Å². The maximum atomic E-state index is 12.1. The number of amides is 1. The van der Waals surface area contributed by atoms with Crippen LogP contribution in [0.1, 0.15) is 91.4 Å². The molecule has 0 unspecified atom stereocenters. The van der Waals surface area contributed by atoms with Gasteiger partial charge in [-0.25, -0.2) is 0 Å². The number of hydrogen-bond acceptors (Lipinski definition) is 2. The van der Waals surface area contributed by atoms with Crippen LogP contribution < -0.4 is 5.32 Å². The molecule has 170 valence electrons. The van der Waals surface area contributed by atoms with Gasteiger partial charge in [0.15, 0.2) is 0 Å². The maximum absolute atomic E-state index is 12.1. The van der Waals surface area contributed by atoms with Crippen molar-refractivity contribution in [3.05, 3.63) is 60.8 Å². The number of nitrogens with one attached hydrogen (secondary N) is 1. The highest BCUT2D eigenvalue weighted by Gasteiger charge is 2.26. The number of allylic oxidation sites excluding steroid dienone is 9. The van der Waals surface area contributed by atoms with Gasteiger partial charge in [0.2, 0.25) is 5.91 Å². The fraction of sp³-hybridized carbons (Fsp3) is 0.593. The lowest BCUT2D eigenvalue weighted by atomic mass is 9.90. The predicted octanol–water partition coefficient (Wildman–Crippen LogP) is 6.97. The zero-order valence-corrected chi connectivity index (χ0v) is 19.6. The molecule has 0 aliphatic rings. The summed E-state index contributed by atoms with van der Waals surface area (Å²) < 4.78 is 0. The zero-order valence-electron chi connectivity index (χ0n) is 19.6. The van der Waals surface area contributed by atoms with Gasteiger partial charge in [-0.2, -0.15) is 0 Å². The minimum absolute atomic E-state index is 0.154. The molecule has 0 bridgehead atoms. The Hall–Kier alpha value is -1.87. The second-order valence-electron chi connectivity index (χ2n) is 7.87. The Bertz CT molecular complexity index is 545. The highest BCUT2D eigenvalue weighted by atomic mass is 16.3. The summed E-state index contributed by atoms with van der Waals surface area (Å²) in [6, 6.07) is 0. The van der Waals surface area contributed by atoms with Crippen LogP contribution in [0.5, 0.6) is 0 Å². The largest absolute Gasteiger partial charge is 0.388 e. The van der Waals surface area contributed by atoms with E-state index < -0.39 is 5.60 Å². The van der Waals surface area contributed by atoms with Crippen molar-refractivity contribution < 1.29 is 9.90 Å². The van der Waals surface area contributed by atoms with Gasteiger partial charge in [0.05, 0.1) is 5.60 Å². The molecule has 1 amide bonds. The Morgan fingerprint density at radius 3 is 1.87 bits per heavy atom. The van der Waals surface area contributed by atoms with E-state index in [0.29, 0.717) is 6.54 Å². The summed E-state index contributed by atoms with van der Waals surface area (Å²) in [5, 5.41) is 13.8. The predicted molar refractivity (Wildman–Crippen MR) is 131 cm³/mol. The zero-order chi connectivity index (χ0) is 22.3. The molecule has 0 rings (SSSR count). The van der Waals surface area contributed by atoms with Gasteiger partial charge in [-0.1, -0.05) is 114 Å². The van der Waals surface area contributed by atoms with Gasteiger partial charge in [-0.05, 0) is 32.1 Å². The molecule has 0 aliphatic carbocycles. The van der Waals surface area contributed by atoms with Crippen LogP contribution in [0, 0.1) is 0 Å². The van der Waals surface area contributed by atoms with Crippen LogP contribution in [0.25, 0.3) is 0 Å². The molecular weight excluding hydrogens is 370 g/mol. The van der Waals surface area contributed by atoms with E-state index in [2.05, 4.69) is 56.5 Å². The van der Waals surface area contributed by atoms with Crippen molar-refractivity contribution in [3.63, 3.8) is 0 Å². The van der Waals surface area contributed by atoms with E-state index in [1.807, 2.05) is 18.2 Å². The molecule has 0 atom stereocenters. The van der Waals surface area contributed by atoms with Gasteiger partial charge >= 0.3 is 0 Å². The Morgan fingerprint density at radius 1 is 0.767 bits per heavy atom. The Kier molecular flexibility index (Phi) is 19.1. The molecule has 0 aliphatic heterocycles. The SMILES string of the molecule is CCC=CC=CCCC=CC=CC=CC(=O)NCC(O)(CCCCC)CCCCC. The Labute approximate surface area is 185 Å². The third-order valence-electron chi connectivity index (χ3n) is 4.92. The van der Waals surface area contributed by atoms with Crippen LogP contribution in [-0.4, -0.2) is 23.2 Å². The van der Waals surface area contributed by atoms with Crippen LogP contribution in [0.3, 0.4) is 0 Å². The topological polar surface area (TPSA) is 49.3 Å². The van der Waals surface area contributed by atoms with Gasteiger partial charge < -0.3 is 10.4 Å². The highest BCUT2D eigenvalue weighted by molar-refractivity contribution is 5.87. The molecule has 3 heteroatoms. The smallest absolute Gasteiger partial charge is 0.244 e. The fourth-order valence-corrected chi connectivity index (χ4v) is 3.05. The summed E-state index contributed by atoms with van der Waals surface area (Å²) in [4.78, 5) is 12.1. The summed E-state index contributed by atoms with van der Waals surface area (Å²) >= 11 is 0. The average molecular weight is 416 g/mol. The van der Waals surface area contributed by atoms with Crippen molar-refractivity contribution in [2.45, 2.75) is 97.0 Å². The first-order chi connectivity index (χ1) is 14.6. The second-order valence-corrected chi connectivity index (χ2v) is 7.87. The van der Waals surface area contributed by atoms with Crippen molar-refractivity contribution in [2.75, 3.05) is 6.54 Å². The quantitative estimate of drug-likeness (QED) is 0.144. The lowest BCUT2D eigenvalue weighted by molar-refractivity contribution is -0.118. The first-order valence-electron chi connectivity index (χ1n) is 11.9. The Morgan fingerprint density at radius 2 is 1.30 bits per heavy atom. The molecular formula is C27H45NO2. The lowest BCUT2D eigenvalue weighted by Crippen LogP contribution is -2.42. The van der Waals surface area contributed by atoms with Crippen LogP contribution in [0.2, 0.25) is 0 Å². The molecule has 0 fully saturated rings. The van der Waals surface area contributed by atoms with Gasteiger partial charge in [-0.3, -0.25) is 4.79 Å².